The van der Waals surface area contributed by atoms with Crippen molar-refractivity contribution in [2.45, 2.75) is 52.5 Å². The number of hydrogen-bond donors (Lipinski definition) is 0. The summed E-state index contributed by atoms with van der Waals surface area (Å²) < 4.78 is 5.38. The summed E-state index contributed by atoms with van der Waals surface area (Å²) in [6, 6.07) is 8.46. The highest BCUT2D eigenvalue weighted by molar-refractivity contribution is 6.02. The molecule has 0 radical (unpaired) electrons. The second kappa shape index (κ2) is 9.05. The van der Waals surface area contributed by atoms with Gasteiger partial charge in [-0.25, -0.2) is 0 Å². The van der Waals surface area contributed by atoms with Gasteiger partial charge >= 0.3 is 0 Å². The molecule has 1 aromatic carbocycles. The van der Waals surface area contributed by atoms with E-state index in [2.05, 4.69) is 47.9 Å². The lowest BCUT2D eigenvalue weighted by Crippen LogP contribution is -2.34. The van der Waals surface area contributed by atoms with Crippen molar-refractivity contribution in [3.63, 3.8) is 0 Å². The largest absolute Gasteiger partial charge is 0.497 e. The molecule has 3 fully saturated rings. The van der Waals surface area contributed by atoms with Gasteiger partial charge in [0.05, 0.1) is 7.11 Å². The zero-order valence-electron chi connectivity index (χ0n) is 20.0. The topological polar surface area (TPSA) is 32.8 Å². The number of amides is 1. The fourth-order valence-electron chi connectivity index (χ4n) is 5.99. The minimum Gasteiger partial charge on any atom is -0.497 e. The Morgan fingerprint density at radius 1 is 1.09 bits per heavy atom. The summed E-state index contributed by atoms with van der Waals surface area (Å²) in [6.07, 6.45) is 8.91. The summed E-state index contributed by atoms with van der Waals surface area (Å²) in [7, 11) is 1.73. The molecule has 32 heavy (non-hydrogen) atoms. The molecule has 2 aliphatic carbocycles. The van der Waals surface area contributed by atoms with Crippen LogP contribution in [0.3, 0.4) is 0 Å². The molecule has 0 N–H and O–H groups in total. The summed E-state index contributed by atoms with van der Waals surface area (Å²) in [5.41, 5.74) is 5.06. The number of nitrogens with zero attached hydrogens (tertiary/aromatic N) is 2. The first-order chi connectivity index (χ1) is 15.5. The summed E-state index contributed by atoms with van der Waals surface area (Å²) >= 11 is 0. The Balaban J connectivity index is 1.17. The van der Waals surface area contributed by atoms with Gasteiger partial charge in [-0.15, -0.1) is 0 Å². The van der Waals surface area contributed by atoms with Gasteiger partial charge in [-0.05, 0) is 99.1 Å². The van der Waals surface area contributed by atoms with E-state index in [1.54, 1.807) is 7.11 Å². The van der Waals surface area contributed by atoms with Crippen molar-refractivity contribution in [1.29, 1.82) is 0 Å². The predicted octanol–water partition coefficient (Wildman–Crippen LogP) is 5.06. The monoisotopic (exact) mass is 434 g/mol. The van der Waals surface area contributed by atoms with Crippen molar-refractivity contribution in [3.05, 3.63) is 52.6 Å². The number of piperidine rings is 1. The molecule has 2 saturated heterocycles. The number of hydrogen-bond acceptors (Lipinski definition) is 3. The number of fused-ring (bicyclic) bond motifs is 1. The Kier molecular flexibility index (Phi) is 6.16. The molecule has 2 unspecified atom stereocenters. The highest BCUT2D eigenvalue weighted by Gasteiger charge is 2.40. The average molecular weight is 435 g/mol. The second-order valence-electron chi connectivity index (χ2n) is 10.6. The molecule has 5 rings (SSSR count). The van der Waals surface area contributed by atoms with Crippen LogP contribution in [0.4, 0.5) is 0 Å². The molecule has 2 heterocycles. The Bertz CT molecular complexity index is 921. The Morgan fingerprint density at radius 3 is 2.59 bits per heavy atom. The van der Waals surface area contributed by atoms with Crippen LogP contribution in [-0.4, -0.2) is 49.0 Å². The summed E-state index contributed by atoms with van der Waals surface area (Å²) in [4.78, 5) is 17.7. The molecule has 1 aromatic rings. The maximum Gasteiger partial charge on any atom is 0.254 e. The Hall–Kier alpha value is -2.07. The molecule has 0 spiro atoms. The van der Waals surface area contributed by atoms with E-state index in [9.17, 15) is 4.79 Å². The van der Waals surface area contributed by atoms with Crippen molar-refractivity contribution >= 4 is 5.91 Å². The normalized spacial score (nSPS) is 27.0. The highest BCUT2D eigenvalue weighted by Crippen LogP contribution is 2.43. The molecule has 0 aromatic heterocycles. The van der Waals surface area contributed by atoms with E-state index in [0.29, 0.717) is 17.7 Å². The van der Waals surface area contributed by atoms with Crippen molar-refractivity contribution in [1.82, 2.24) is 9.80 Å². The zero-order chi connectivity index (χ0) is 22.2. The molecule has 1 amide bonds. The fourth-order valence-corrected chi connectivity index (χ4v) is 5.99. The fraction of sp³-hybridized carbons (Fsp3) is 0.607. The number of benzene rings is 1. The third kappa shape index (κ3) is 4.52. The van der Waals surface area contributed by atoms with Crippen LogP contribution >= 0.6 is 0 Å². The van der Waals surface area contributed by atoms with Crippen LogP contribution in [0, 0.1) is 23.7 Å². The van der Waals surface area contributed by atoms with E-state index in [1.807, 2.05) is 6.07 Å². The van der Waals surface area contributed by atoms with Crippen molar-refractivity contribution in [3.8, 4) is 5.75 Å². The minimum absolute atomic E-state index is 0.303. The number of ether oxygens (including phenoxy) is 1. The van der Waals surface area contributed by atoms with Gasteiger partial charge in [-0.3, -0.25) is 9.69 Å². The highest BCUT2D eigenvalue weighted by atomic mass is 16.5. The van der Waals surface area contributed by atoms with E-state index in [0.717, 1.165) is 42.8 Å². The molecule has 4 aliphatic rings. The van der Waals surface area contributed by atoms with Crippen LogP contribution in [0.5, 0.6) is 5.75 Å². The van der Waals surface area contributed by atoms with E-state index < -0.39 is 0 Å². The first-order valence-electron chi connectivity index (χ1n) is 12.6. The van der Waals surface area contributed by atoms with Crippen LogP contribution < -0.4 is 4.74 Å². The number of carbonyl (C=O) groups excluding carboxylic acids is 1. The summed E-state index contributed by atoms with van der Waals surface area (Å²) in [6.45, 7) is 9.74. The van der Waals surface area contributed by atoms with E-state index in [4.69, 9.17) is 4.74 Å². The third-order valence-corrected chi connectivity index (χ3v) is 8.35. The zero-order valence-corrected chi connectivity index (χ0v) is 20.0. The van der Waals surface area contributed by atoms with Crippen LogP contribution in [0.1, 0.15) is 51.5 Å². The molecule has 2 aliphatic heterocycles. The van der Waals surface area contributed by atoms with Crippen molar-refractivity contribution in [2.24, 2.45) is 23.7 Å². The van der Waals surface area contributed by atoms with Crippen LogP contribution in [0.25, 0.3) is 0 Å². The van der Waals surface area contributed by atoms with Crippen LogP contribution in [-0.2, 0) is 11.3 Å². The second-order valence-corrected chi connectivity index (χ2v) is 10.6. The quantitative estimate of drug-likeness (QED) is 0.601. The first-order valence-corrected chi connectivity index (χ1v) is 12.6. The predicted molar refractivity (Wildman–Crippen MR) is 128 cm³/mol. The number of rotatable bonds is 7. The van der Waals surface area contributed by atoms with Gasteiger partial charge < -0.3 is 9.64 Å². The van der Waals surface area contributed by atoms with E-state index in [-0.39, 0.29) is 0 Å². The molecule has 4 nitrogen and oxygen atoms in total. The standard InChI is InChI=1S/C28H38N2O2/c1-19-20(2)27-25(18-30(28(27)31)17-22-7-8-22)15-24(19)13-21-9-11-29(12-10-21)16-23-5-4-6-26(14-23)32-3/h4-6,14-15,19,21-22,24H,7-13,16-18H2,1-3H3. The lowest BCUT2D eigenvalue weighted by molar-refractivity contribution is -0.125. The van der Waals surface area contributed by atoms with E-state index >= 15 is 0 Å². The maximum atomic E-state index is 13.0. The lowest BCUT2D eigenvalue weighted by atomic mass is 9.73. The van der Waals surface area contributed by atoms with E-state index in [1.165, 1.54) is 61.9 Å². The van der Waals surface area contributed by atoms with Gasteiger partial charge in [0.2, 0.25) is 0 Å². The minimum atomic E-state index is 0.303. The molecule has 4 heteroatoms. The first kappa shape index (κ1) is 21.8. The Labute approximate surface area is 193 Å². The molecule has 1 saturated carbocycles. The van der Waals surface area contributed by atoms with Gasteiger partial charge in [-0.2, -0.15) is 0 Å². The molecular formula is C28H38N2O2. The van der Waals surface area contributed by atoms with Gasteiger partial charge in [0, 0.05) is 25.2 Å². The van der Waals surface area contributed by atoms with Crippen LogP contribution in [0.2, 0.25) is 0 Å². The lowest BCUT2D eigenvalue weighted by Gasteiger charge is -2.36. The maximum absolute atomic E-state index is 13.0. The molecule has 172 valence electrons. The Morgan fingerprint density at radius 2 is 1.88 bits per heavy atom. The van der Waals surface area contributed by atoms with Crippen LogP contribution in [0.15, 0.2) is 47.1 Å². The SMILES string of the molecule is COc1cccc(CN2CCC(CC3C=C4CN(CC5CC5)C(=O)C4=C(C)C3C)CC2)c1. The number of carbonyl (C=O) groups is 1. The number of methoxy groups -OCH3 is 1. The molecular weight excluding hydrogens is 396 g/mol. The average Bonchev–Trinajstić information content (AvgIpc) is 3.56. The number of likely N-dealkylation sites (tertiary alicyclic amines) is 2. The number of allylic oxidation sites excluding steroid dienone is 2. The van der Waals surface area contributed by atoms with Gasteiger partial charge in [0.1, 0.15) is 5.75 Å². The summed E-state index contributed by atoms with van der Waals surface area (Å²) in [5, 5.41) is 0. The smallest absolute Gasteiger partial charge is 0.254 e. The van der Waals surface area contributed by atoms with Gasteiger partial charge in [0.25, 0.3) is 5.91 Å². The van der Waals surface area contributed by atoms with Crippen molar-refractivity contribution < 1.29 is 9.53 Å². The molecule has 2 atom stereocenters. The summed E-state index contributed by atoms with van der Waals surface area (Å²) in [5.74, 6) is 3.86. The van der Waals surface area contributed by atoms with Gasteiger partial charge in [0.15, 0.2) is 0 Å². The van der Waals surface area contributed by atoms with Gasteiger partial charge in [-0.1, -0.05) is 30.7 Å². The molecule has 0 bridgehead atoms. The third-order valence-electron chi connectivity index (χ3n) is 8.35. The van der Waals surface area contributed by atoms with Crippen molar-refractivity contribution in [2.75, 3.05) is 33.3 Å².